The summed E-state index contributed by atoms with van der Waals surface area (Å²) >= 11 is 0. The first-order chi connectivity index (χ1) is 22.1. The monoisotopic (exact) mass is 658 g/mol. The van der Waals surface area contributed by atoms with E-state index < -0.39 is 28.8 Å². The molecule has 0 saturated heterocycles. The van der Waals surface area contributed by atoms with Gasteiger partial charge in [-0.1, -0.05) is 20.3 Å². The number of carbonyl (C=O) groups is 4. The first kappa shape index (κ1) is 34.8. The van der Waals surface area contributed by atoms with Crippen LogP contribution in [0, 0.1) is 34.4 Å². The molecular formula is C35H51FN4O7. The van der Waals surface area contributed by atoms with Crippen molar-refractivity contribution in [3.05, 3.63) is 23.5 Å². The third kappa shape index (κ3) is 7.95. The Bertz CT molecular complexity index is 1370. The predicted octanol–water partition coefficient (Wildman–Crippen LogP) is 5.17. The first-order valence-corrected chi connectivity index (χ1v) is 17.0. The van der Waals surface area contributed by atoms with E-state index in [1.165, 1.54) is 19.6 Å². The van der Waals surface area contributed by atoms with Crippen molar-refractivity contribution in [2.75, 3.05) is 13.7 Å². The molecule has 0 radical (unpaired) electrons. The van der Waals surface area contributed by atoms with Gasteiger partial charge >= 0.3 is 6.09 Å². The molecule has 4 fully saturated rings. The third-order valence-electron chi connectivity index (χ3n) is 10.8. The molecule has 0 spiro atoms. The molecule has 0 aliphatic heterocycles. The lowest BCUT2D eigenvalue weighted by atomic mass is 9.70. The molecule has 1 aromatic carbocycles. The molecule has 0 aromatic heterocycles. The fraction of sp³-hybridized carbons (Fsp3) is 0.714. The van der Waals surface area contributed by atoms with E-state index in [9.17, 15) is 19.2 Å². The second-order valence-electron chi connectivity index (χ2n) is 15.7. The average molecular weight is 659 g/mol. The minimum absolute atomic E-state index is 0.00400. The highest BCUT2D eigenvalue weighted by Crippen LogP contribution is 2.49. The lowest BCUT2D eigenvalue weighted by Crippen LogP contribution is -2.51. The maximum atomic E-state index is 15.2. The lowest BCUT2D eigenvalue weighted by Gasteiger charge is -2.39. The molecule has 1 aromatic rings. The number of benzene rings is 1. The fourth-order valence-corrected chi connectivity index (χ4v) is 7.77. The molecule has 4 N–H and O–H groups in total. The number of carbonyl (C=O) groups excluding carboxylic acids is 4. The predicted molar refractivity (Wildman–Crippen MR) is 172 cm³/mol. The van der Waals surface area contributed by atoms with Crippen molar-refractivity contribution in [2.45, 2.75) is 117 Å². The molecule has 0 unspecified atom stereocenters. The molecular weight excluding hydrogens is 607 g/mol. The Kier molecular flexibility index (Phi) is 9.99. The van der Waals surface area contributed by atoms with Gasteiger partial charge in [0.15, 0.2) is 11.6 Å². The Balaban J connectivity index is 1.20. The molecule has 0 heterocycles. The SMILES string of the molecule is COc1cc(F)c(OC2CCC(C)(C(=O)NNC(=O)OC(C)(C)C)CC2)cc1C(=O)N[C@@H]1[C@H]2CC[C@H](C2)[C@@H]1C(=O)NCC1(C)CCC1. The van der Waals surface area contributed by atoms with Crippen LogP contribution in [0.1, 0.15) is 109 Å². The van der Waals surface area contributed by atoms with Crippen molar-refractivity contribution in [2.24, 2.45) is 28.6 Å². The topological polar surface area (TPSA) is 144 Å². The molecule has 260 valence electrons. The van der Waals surface area contributed by atoms with E-state index in [2.05, 4.69) is 28.4 Å². The summed E-state index contributed by atoms with van der Waals surface area (Å²) in [5, 5.41) is 6.30. The molecule has 2 bridgehead atoms. The van der Waals surface area contributed by atoms with Crippen LogP contribution in [-0.4, -0.2) is 55.2 Å². The Morgan fingerprint density at radius 1 is 0.936 bits per heavy atom. The molecule has 11 nitrogen and oxygen atoms in total. The number of nitrogens with one attached hydrogen (secondary N) is 4. The van der Waals surface area contributed by atoms with Gasteiger partial charge in [-0.15, -0.1) is 0 Å². The van der Waals surface area contributed by atoms with Crippen molar-refractivity contribution in [1.82, 2.24) is 21.5 Å². The Morgan fingerprint density at radius 2 is 1.62 bits per heavy atom. The number of hydrogen-bond acceptors (Lipinski definition) is 7. The zero-order valence-corrected chi connectivity index (χ0v) is 28.6. The van der Waals surface area contributed by atoms with Gasteiger partial charge in [0.1, 0.15) is 11.4 Å². The minimum Gasteiger partial charge on any atom is -0.496 e. The third-order valence-corrected chi connectivity index (χ3v) is 10.8. The van der Waals surface area contributed by atoms with Crippen molar-refractivity contribution in [3.8, 4) is 11.5 Å². The van der Waals surface area contributed by atoms with Crippen molar-refractivity contribution in [1.29, 1.82) is 0 Å². The van der Waals surface area contributed by atoms with Crippen molar-refractivity contribution >= 4 is 23.8 Å². The summed E-state index contributed by atoms with van der Waals surface area (Å²) < 4.78 is 31.8. The van der Waals surface area contributed by atoms with Gasteiger partial charge in [-0.25, -0.2) is 14.6 Å². The number of ether oxygens (including phenoxy) is 3. The number of amides is 4. The summed E-state index contributed by atoms with van der Waals surface area (Å²) in [5.74, 6) is -1.26. The zero-order chi connectivity index (χ0) is 34.1. The Hall–Kier alpha value is -3.57. The van der Waals surface area contributed by atoms with Crippen LogP contribution in [0.15, 0.2) is 12.1 Å². The second-order valence-corrected chi connectivity index (χ2v) is 15.7. The molecule has 4 amide bonds. The van der Waals surface area contributed by atoms with Crippen LogP contribution in [-0.2, 0) is 14.3 Å². The summed E-state index contributed by atoms with van der Waals surface area (Å²) in [6, 6.07) is 2.22. The fourth-order valence-electron chi connectivity index (χ4n) is 7.77. The van der Waals surface area contributed by atoms with Crippen LogP contribution in [0.4, 0.5) is 9.18 Å². The van der Waals surface area contributed by atoms with Gasteiger partial charge in [-0.2, -0.15) is 0 Å². The summed E-state index contributed by atoms with van der Waals surface area (Å²) in [6.45, 7) is 9.84. The number of rotatable bonds is 9. The van der Waals surface area contributed by atoms with Gasteiger partial charge in [0.05, 0.1) is 24.7 Å². The highest BCUT2D eigenvalue weighted by molar-refractivity contribution is 5.98. The smallest absolute Gasteiger partial charge is 0.426 e. The molecule has 4 atom stereocenters. The first-order valence-electron chi connectivity index (χ1n) is 17.0. The van der Waals surface area contributed by atoms with Crippen LogP contribution >= 0.6 is 0 Å². The molecule has 47 heavy (non-hydrogen) atoms. The van der Waals surface area contributed by atoms with Gasteiger partial charge in [-0.05, 0) is 102 Å². The van der Waals surface area contributed by atoms with E-state index in [0.717, 1.165) is 38.2 Å². The van der Waals surface area contributed by atoms with Crippen LogP contribution in [0.5, 0.6) is 11.5 Å². The number of fused-ring (bicyclic) bond motifs is 2. The normalized spacial score (nSPS) is 29.2. The maximum absolute atomic E-state index is 15.2. The van der Waals surface area contributed by atoms with Gasteiger partial charge in [-0.3, -0.25) is 19.8 Å². The Morgan fingerprint density at radius 3 is 2.23 bits per heavy atom. The number of hydrazine groups is 1. The molecule has 12 heteroatoms. The molecule has 4 saturated carbocycles. The van der Waals surface area contributed by atoms with Gasteiger partial charge in [0.25, 0.3) is 5.91 Å². The molecule has 5 rings (SSSR count). The van der Waals surface area contributed by atoms with Crippen molar-refractivity contribution in [3.63, 3.8) is 0 Å². The molecule has 4 aliphatic rings. The quantitative estimate of drug-likeness (QED) is 0.268. The standard InChI is InChI=1S/C35H51FN4O7/c1-33(2,3)47-32(44)40-39-31(43)35(5)14-10-22(11-15-35)46-26-17-23(25(45-6)18-24(26)36)29(41)38-28-21-9-8-20(16-21)27(28)30(42)37-19-34(4)12-7-13-34/h17-18,20-22,27-28H,7-16,19H2,1-6H3,(H,37,42)(H,38,41)(H,39,43)(H,40,44)/t20-,21+,22?,27+,28-,35?/m1/s1. The number of methoxy groups -OCH3 is 1. The highest BCUT2D eigenvalue weighted by Gasteiger charge is 2.52. The molecule has 4 aliphatic carbocycles. The maximum Gasteiger partial charge on any atom is 0.426 e. The van der Waals surface area contributed by atoms with Gasteiger partial charge in [0, 0.05) is 24.1 Å². The summed E-state index contributed by atoms with van der Waals surface area (Å²) in [4.78, 5) is 51.9. The highest BCUT2D eigenvalue weighted by atomic mass is 19.1. The second kappa shape index (κ2) is 13.5. The van der Waals surface area contributed by atoms with E-state index >= 15 is 4.39 Å². The van der Waals surface area contributed by atoms with Crippen LogP contribution in [0.25, 0.3) is 0 Å². The number of hydrogen-bond donors (Lipinski definition) is 4. The lowest BCUT2D eigenvalue weighted by molar-refractivity contribution is -0.134. The van der Waals surface area contributed by atoms with Crippen LogP contribution in [0.2, 0.25) is 0 Å². The van der Waals surface area contributed by atoms with E-state index in [1.54, 1.807) is 20.8 Å². The zero-order valence-electron chi connectivity index (χ0n) is 28.6. The van der Waals surface area contributed by atoms with Crippen LogP contribution in [0.3, 0.4) is 0 Å². The minimum atomic E-state index is -0.766. The average Bonchev–Trinajstić information content (AvgIpc) is 3.61. The van der Waals surface area contributed by atoms with Crippen molar-refractivity contribution < 1.29 is 37.8 Å². The van der Waals surface area contributed by atoms with E-state index in [-0.39, 0.29) is 64.2 Å². The van der Waals surface area contributed by atoms with E-state index in [0.29, 0.717) is 32.2 Å². The van der Waals surface area contributed by atoms with E-state index in [4.69, 9.17) is 14.2 Å². The largest absolute Gasteiger partial charge is 0.496 e. The van der Waals surface area contributed by atoms with Gasteiger partial charge < -0.3 is 24.8 Å². The van der Waals surface area contributed by atoms with Gasteiger partial charge in [0.2, 0.25) is 11.8 Å². The number of halogens is 1. The summed E-state index contributed by atoms with van der Waals surface area (Å²) in [7, 11) is 1.38. The van der Waals surface area contributed by atoms with Crippen LogP contribution < -0.4 is 31.0 Å². The summed E-state index contributed by atoms with van der Waals surface area (Å²) in [6.07, 6.45) is 6.94. The summed E-state index contributed by atoms with van der Waals surface area (Å²) in [5.41, 5.74) is 3.57. The van der Waals surface area contributed by atoms with E-state index in [1.807, 2.05) is 6.92 Å². The Labute approximate surface area is 276 Å².